The van der Waals surface area contributed by atoms with Crippen molar-refractivity contribution in [2.75, 3.05) is 14.6 Å². The molecule has 0 aliphatic carbocycles. The van der Waals surface area contributed by atoms with Crippen LogP contribution in [0.2, 0.25) is 0 Å². The Morgan fingerprint density at radius 1 is 0.400 bits per heavy atom. The lowest BCUT2D eigenvalue weighted by molar-refractivity contribution is 0.590. The average Bonchev–Trinajstić information content (AvgIpc) is 2.47. The quantitative estimate of drug-likeness (QED) is 0.140. The molecule has 14 rings (SSSR count). The molecule has 1 aromatic heterocycles. The van der Waals surface area contributed by atoms with Gasteiger partial charge >= 0.3 is 6.85 Å². The summed E-state index contributed by atoms with van der Waals surface area (Å²) in [6.45, 7) is 16.0. The van der Waals surface area contributed by atoms with Crippen molar-refractivity contribution in [2.24, 2.45) is 0 Å². The fourth-order valence-electron chi connectivity index (χ4n) is 12.6. The van der Waals surface area contributed by atoms with Crippen LogP contribution in [0.5, 0.6) is 0 Å². The van der Waals surface area contributed by atoms with Gasteiger partial charge in [0.1, 0.15) is 0 Å². The maximum absolute atomic E-state index is 2.67. The molecule has 80 heavy (non-hydrogen) atoms. The highest BCUT2D eigenvalue weighted by molar-refractivity contribution is 7.26. The third-order valence-electron chi connectivity index (χ3n) is 16.6. The fraction of sp³-hybridized carbons (Fsp3) is 0.120. The molecule has 0 bridgehead atoms. The van der Waals surface area contributed by atoms with E-state index in [-0.39, 0.29) is 17.7 Å². The van der Waals surface area contributed by atoms with E-state index in [0.717, 1.165) is 28.4 Å². The summed E-state index contributed by atoms with van der Waals surface area (Å²) in [5.74, 6) is 0. The maximum Gasteiger partial charge on any atom is 0.333 e. The smallest absolute Gasteiger partial charge is 0.333 e. The molecule has 2 aliphatic heterocycles. The summed E-state index contributed by atoms with van der Waals surface area (Å²) < 4.78 is 2.61. The van der Waals surface area contributed by atoms with Gasteiger partial charge in [0, 0.05) is 71.1 Å². The minimum absolute atomic E-state index is 0.000334. The van der Waals surface area contributed by atoms with Gasteiger partial charge in [0.05, 0.1) is 5.69 Å². The molecule has 0 saturated carbocycles. The molecule has 0 radical (unpaired) electrons. The first-order valence-corrected chi connectivity index (χ1v) is 28.9. The molecular formula is C75H62BN3S. The predicted octanol–water partition coefficient (Wildman–Crippen LogP) is 20.1. The van der Waals surface area contributed by atoms with Crippen molar-refractivity contribution in [3.8, 4) is 44.5 Å². The predicted molar refractivity (Wildman–Crippen MR) is 346 cm³/mol. The molecule has 3 heterocycles. The van der Waals surface area contributed by atoms with Crippen LogP contribution in [-0.2, 0) is 10.8 Å². The van der Waals surface area contributed by atoms with E-state index in [0.29, 0.717) is 0 Å². The first-order valence-electron chi connectivity index (χ1n) is 28.1. The number of rotatable bonds is 8. The van der Waals surface area contributed by atoms with Gasteiger partial charge in [0.2, 0.25) is 0 Å². The van der Waals surface area contributed by atoms with Crippen molar-refractivity contribution in [2.45, 2.75) is 59.3 Å². The van der Waals surface area contributed by atoms with Gasteiger partial charge in [0.15, 0.2) is 0 Å². The zero-order valence-electron chi connectivity index (χ0n) is 46.5. The second-order valence-corrected chi connectivity index (χ2v) is 24.9. The first kappa shape index (κ1) is 49.4. The standard InChI is InChI=1S/C75H62BN3S/c1-49-45-63-71-66(43-44-70-72(71)61-25-17-18-26-69(61)80-70)79(59-38-31-55(32-39-59)74(2,3)4)76-64-41-40-60(48-67(64)78(68(46-49)73(63)76)65-42-33-56(75(5,6)7)47-62(65)54-23-15-10-16-24-54)77(57-34-27-52(28-35-57)50-19-11-8-12-20-50)58-36-29-53(30-37-58)51-21-13-9-14-22-51/h8-48H,1-7H3. The molecule has 2 aliphatic rings. The molecule has 3 nitrogen and oxygen atoms in total. The first-order chi connectivity index (χ1) is 38.9. The molecule has 12 aromatic rings. The summed E-state index contributed by atoms with van der Waals surface area (Å²) >= 11 is 1.89. The van der Waals surface area contributed by atoms with Gasteiger partial charge in [-0.25, -0.2) is 0 Å². The van der Waals surface area contributed by atoms with E-state index in [1.165, 1.54) is 109 Å². The van der Waals surface area contributed by atoms with Crippen LogP contribution in [0.15, 0.2) is 249 Å². The van der Waals surface area contributed by atoms with E-state index in [9.17, 15) is 0 Å². The van der Waals surface area contributed by atoms with Crippen LogP contribution in [0.25, 0.3) is 64.7 Å². The second kappa shape index (κ2) is 19.2. The largest absolute Gasteiger partial charge is 0.376 e. The number of nitrogens with zero attached hydrogens (tertiary/aromatic N) is 3. The topological polar surface area (TPSA) is 9.72 Å². The van der Waals surface area contributed by atoms with Crippen LogP contribution < -0.4 is 25.5 Å². The van der Waals surface area contributed by atoms with Crippen LogP contribution in [0.1, 0.15) is 58.2 Å². The summed E-state index contributed by atoms with van der Waals surface area (Å²) in [4.78, 5) is 7.74. The Balaban J connectivity index is 1.07. The lowest BCUT2D eigenvalue weighted by atomic mass is 9.43. The Labute approximate surface area is 475 Å². The number of fused-ring (bicyclic) bond motifs is 8. The second-order valence-electron chi connectivity index (χ2n) is 23.8. The highest BCUT2D eigenvalue weighted by Gasteiger charge is 2.46. The normalized spacial score (nSPS) is 12.9. The van der Waals surface area contributed by atoms with Crippen molar-refractivity contribution >= 4 is 94.8 Å². The monoisotopic (exact) mass is 1050 g/mol. The van der Waals surface area contributed by atoms with Gasteiger partial charge in [-0.2, -0.15) is 0 Å². The lowest BCUT2D eigenvalue weighted by Gasteiger charge is -2.46. The van der Waals surface area contributed by atoms with Gasteiger partial charge in [-0.1, -0.05) is 205 Å². The van der Waals surface area contributed by atoms with Gasteiger partial charge in [0.25, 0.3) is 0 Å². The van der Waals surface area contributed by atoms with E-state index in [1.807, 2.05) is 11.3 Å². The summed E-state index contributed by atoms with van der Waals surface area (Å²) in [6, 6.07) is 93.3. The third-order valence-corrected chi connectivity index (χ3v) is 17.7. The summed E-state index contributed by atoms with van der Waals surface area (Å²) in [5.41, 5.74) is 25.2. The van der Waals surface area contributed by atoms with Crippen molar-refractivity contribution in [1.29, 1.82) is 0 Å². The number of hydrogen-bond donors (Lipinski definition) is 0. The number of aryl methyl sites for hydroxylation is 1. The lowest BCUT2D eigenvalue weighted by Crippen LogP contribution is -2.61. The number of anilines is 8. The van der Waals surface area contributed by atoms with Crippen molar-refractivity contribution in [1.82, 2.24) is 0 Å². The van der Waals surface area contributed by atoms with Crippen LogP contribution in [0.4, 0.5) is 45.5 Å². The Morgan fingerprint density at radius 3 is 1.55 bits per heavy atom. The van der Waals surface area contributed by atoms with Gasteiger partial charge in [-0.15, -0.1) is 11.3 Å². The van der Waals surface area contributed by atoms with Crippen LogP contribution in [0.3, 0.4) is 0 Å². The summed E-state index contributed by atoms with van der Waals surface area (Å²) in [6.07, 6.45) is 0. The molecule has 5 heteroatoms. The zero-order valence-corrected chi connectivity index (χ0v) is 47.3. The Bertz CT molecular complexity index is 4220. The Morgan fingerprint density at radius 2 is 0.938 bits per heavy atom. The van der Waals surface area contributed by atoms with E-state index >= 15 is 0 Å². The SMILES string of the molecule is Cc1cc2c3c(c1)N(c1ccc(C(C)(C)C)cc1-c1ccccc1)c1cc(N(c4ccc(-c5ccccc5)cc4)c4ccc(-c5ccccc5)cc4)ccc1B3N(c1ccc(C(C)(C)C)cc1)c1ccc3sc4ccccc4c3c1-2. The van der Waals surface area contributed by atoms with E-state index in [1.54, 1.807) is 0 Å². The molecule has 0 amide bonds. The zero-order chi connectivity index (χ0) is 54.4. The fourth-order valence-corrected chi connectivity index (χ4v) is 13.7. The van der Waals surface area contributed by atoms with Crippen LogP contribution in [0, 0.1) is 6.92 Å². The Hall–Kier alpha value is -8.90. The molecule has 0 spiro atoms. The molecule has 0 atom stereocenters. The van der Waals surface area contributed by atoms with Crippen molar-refractivity contribution in [3.63, 3.8) is 0 Å². The minimum Gasteiger partial charge on any atom is -0.376 e. The average molecular weight is 1050 g/mol. The van der Waals surface area contributed by atoms with Crippen molar-refractivity contribution < 1.29 is 0 Å². The molecule has 0 unspecified atom stereocenters. The van der Waals surface area contributed by atoms with Crippen molar-refractivity contribution in [3.05, 3.63) is 265 Å². The van der Waals surface area contributed by atoms with Gasteiger partial charge < -0.3 is 14.6 Å². The highest BCUT2D eigenvalue weighted by atomic mass is 32.1. The van der Waals surface area contributed by atoms with Gasteiger partial charge in [-0.3, -0.25) is 0 Å². The molecular weight excluding hydrogens is 986 g/mol. The summed E-state index contributed by atoms with van der Waals surface area (Å²) in [7, 11) is 0. The molecule has 0 saturated heterocycles. The van der Waals surface area contributed by atoms with E-state index in [4.69, 9.17) is 0 Å². The summed E-state index contributed by atoms with van der Waals surface area (Å²) in [5, 5.41) is 2.63. The third kappa shape index (κ3) is 8.42. The van der Waals surface area contributed by atoms with Gasteiger partial charge in [-0.05, 0) is 164 Å². The molecule has 0 N–H and O–H groups in total. The minimum atomic E-state index is -0.172. The number of thiophene rings is 1. The Kier molecular flexibility index (Phi) is 11.8. The molecule has 11 aromatic carbocycles. The van der Waals surface area contributed by atoms with Crippen LogP contribution >= 0.6 is 11.3 Å². The molecule has 0 fully saturated rings. The number of hydrogen-bond acceptors (Lipinski definition) is 4. The maximum atomic E-state index is 2.67. The van der Waals surface area contributed by atoms with Crippen LogP contribution in [-0.4, -0.2) is 6.85 Å². The van der Waals surface area contributed by atoms with E-state index in [2.05, 4.69) is 312 Å². The highest BCUT2D eigenvalue weighted by Crippen LogP contribution is 2.54. The van der Waals surface area contributed by atoms with E-state index < -0.39 is 0 Å². The molecule has 386 valence electrons. The number of benzene rings is 11.